The van der Waals surface area contributed by atoms with Gasteiger partial charge in [0.2, 0.25) is 0 Å². The molecule has 0 aromatic heterocycles. The number of hydrogen-bond acceptors (Lipinski definition) is 2. The second kappa shape index (κ2) is 4.92. The van der Waals surface area contributed by atoms with E-state index < -0.39 is 0 Å². The molecule has 18 heavy (non-hydrogen) atoms. The fraction of sp³-hybridized carbons (Fsp3) is 0.250. The molecule has 0 aliphatic heterocycles. The summed E-state index contributed by atoms with van der Waals surface area (Å²) < 4.78 is 0. The van der Waals surface area contributed by atoms with Crippen LogP contribution in [0.4, 0.5) is 0 Å². The lowest BCUT2D eigenvalue weighted by Crippen LogP contribution is -2.32. The van der Waals surface area contributed by atoms with Gasteiger partial charge in [0.05, 0.1) is 6.10 Å². The maximum absolute atomic E-state index is 10.3. The van der Waals surface area contributed by atoms with Crippen LogP contribution in [0.15, 0.2) is 54.6 Å². The fourth-order valence-corrected chi connectivity index (χ4v) is 2.60. The van der Waals surface area contributed by atoms with Crippen molar-refractivity contribution in [2.45, 2.75) is 25.1 Å². The molecule has 0 radical (unpaired) electrons. The van der Waals surface area contributed by atoms with Crippen molar-refractivity contribution >= 4 is 0 Å². The van der Waals surface area contributed by atoms with Crippen molar-refractivity contribution in [2.75, 3.05) is 0 Å². The van der Waals surface area contributed by atoms with E-state index in [1.807, 2.05) is 36.4 Å². The first-order chi connectivity index (χ1) is 8.84. The minimum atomic E-state index is -0.384. The summed E-state index contributed by atoms with van der Waals surface area (Å²) in [7, 11) is 0. The van der Waals surface area contributed by atoms with Crippen LogP contribution in [0.1, 0.15) is 22.8 Å². The summed E-state index contributed by atoms with van der Waals surface area (Å²) >= 11 is 0. The third-order valence-electron chi connectivity index (χ3n) is 3.61. The molecule has 0 unspecified atom stereocenters. The highest BCUT2D eigenvalue weighted by Gasteiger charge is 2.29. The molecule has 2 aromatic carbocycles. The summed E-state index contributed by atoms with van der Waals surface area (Å²) in [6, 6.07) is 18.6. The van der Waals surface area contributed by atoms with Gasteiger partial charge in [-0.3, -0.25) is 0 Å². The van der Waals surface area contributed by atoms with Gasteiger partial charge in [0.25, 0.3) is 0 Å². The molecule has 0 saturated carbocycles. The molecule has 2 heteroatoms. The van der Waals surface area contributed by atoms with Gasteiger partial charge in [-0.05, 0) is 23.1 Å². The third-order valence-corrected chi connectivity index (χ3v) is 3.61. The highest BCUT2D eigenvalue weighted by molar-refractivity contribution is 5.35. The summed E-state index contributed by atoms with van der Waals surface area (Å²) in [5.41, 5.74) is 3.58. The van der Waals surface area contributed by atoms with Crippen LogP contribution in [0.2, 0.25) is 0 Å². The van der Waals surface area contributed by atoms with E-state index in [1.165, 1.54) is 11.1 Å². The summed E-state index contributed by atoms with van der Waals surface area (Å²) in [4.78, 5) is 0. The Labute approximate surface area is 107 Å². The predicted octanol–water partition coefficient (Wildman–Crippen LogP) is 2.43. The number of fused-ring (bicyclic) bond motifs is 1. The second-order valence-corrected chi connectivity index (χ2v) is 4.82. The molecular formula is C16H17NO. The van der Waals surface area contributed by atoms with Crippen molar-refractivity contribution in [2.24, 2.45) is 0 Å². The van der Waals surface area contributed by atoms with Crippen molar-refractivity contribution in [3.63, 3.8) is 0 Å². The molecule has 0 spiro atoms. The minimum absolute atomic E-state index is 0.127. The van der Waals surface area contributed by atoms with E-state index in [0.29, 0.717) is 0 Å². The molecule has 0 saturated heterocycles. The SMILES string of the molecule is O[C@H]1c2ccccc2C[C@@H]1NCc1ccccc1. The largest absolute Gasteiger partial charge is 0.387 e. The van der Waals surface area contributed by atoms with Crippen molar-refractivity contribution < 1.29 is 5.11 Å². The number of benzene rings is 2. The van der Waals surface area contributed by atoms with E-state index in [0.717, 1.165) is 18.5 Å². The Balaban J connectivity index is 1.66. The van der Waals surface area contributed by atoms with Crippen LogP contribution in [-0.4, -0.2) is 11.1 Å². The average Bonchev–Trinajstić information content (AvgIpc) is 2.75. The summed E-state index contributed by atoms with van der Waals surface area (Å²) in [6.45, 7) is 0.802. The summed E-state index contributed by atoms with van der Waals surface area (Å²) in [5, 5.41) is 13.7. The van der Waals surface area contributed by atoms with Crippen molar-refractivity contribution in [3.05, 3.63) is 71.3 Å². The van der Waals surface area contributed by atoms with E-state index in [-0.39, 0.29) is 12.1 Å². The van der Waals surface area contributed by atoms with Crippen LogP contribution in [0.5, 0.6) is 0 Å². The quantitative estimate of drug-likeness (QED) is 0.862. The van der Waals surface area contributed by atoms with Gasteiger partial charge in [0, 0.05) is 12.6 Å². The average molecular weight is 239 g/mol. The zero-order valence-corrected chi connectivity index (χ0v) is 10.2. The van der Waals surface area contributed by atoms with Crippen LogP contribution < -0.4 is 5.32 Å². The molecule has 2 N–H and O–H groups in total. The number of rotatable bonds is 3. The number of nitrogens with one attached hydrogen (secondary N) is 1. The first-order valence-electron chi connectivity index (χ1n) is 6.38. The maximum atomic E-state index is 10.3. The van der Waals surface area contributed by atoms with Gasteiger partial charge in [0.15, 0.2) is 0 Å². The van der Waals surface area contributed by atoms with Crippen LogP contribution >= 0.6 is 0 Å². The van der Waals surface area contributed by atoms with Crippen LogP contribution in [-0.2, 0) is 13.0 Å². The zero-order chi connectivity index (χ0) is 12.4. The molecule has 2 atom stereocenters. The normalized spacial score (nSPS) is 21.8. The standard InChI is InChI=1S/C16H17NO/c18-16-14-9-5-4-8-13(14)10-15(16)17-11-12-6-2-1-3-7-12/h1-9,15-18H,10-11H2/t15-,16-/m0/s1. The Kier molecular flexibility index (Phi) is 3.13. The van der Waals surface area contributed by atoms with Crippen molar-refractivity contribution in [1.29, 1.82) is 0 Å². The van der Waals surface area contributed by atoms with E-state index in [2.05, 4.69) is 23.5 Å². The Morgan fingerprint density at radius 1 is 1.00 bits per heavy atom. The molecule has 2 nitrogen and oxygen atoms in total. The summed E-state index contributed by atoms with van der Waals surface area (Å²) in [5.74, 6) is 0. The van der Waals surface area contributed by atoms with Gasteiger partial charge in [-0.1, -0.05) is 54.6 Å². The molecule has 1 aliphatic carbocycles. The van der Waals surface area contributed by atoms with E-state index in [4.69, 9.17) is 0 Å². The molecular weight excluding hydrogens is 222 g/mol. The minimum Gasteiger partial charge on any atom is -0.387 e. The topological polar surface area (TPSA) is 32.3 Å². The fourth-order valence-electron chi connectivity index (χ4n) is 2.60. The summed E-state index contributed by atoms with van der Waals surface area (Å²) in [6.07, 6.45) is 0.523. The maximum Gasteiger partial charge on any atom is 0.0948 e. The lowest BCUT2D eigenvalue weighted by atomic mass is 10.1. The van der Waals surface area contributed by atoms with Crippen molar-refractivity contribution in [3.8, 4) is 0 Å². The van der Waals surface area contributed by atoms with Gasteiger partial charge < -0.3 is 10.4 Å². The number of aliphatic hydroxyl groups is 1. The zero-order valence-electron chi connectivity index (χ0n) is 10.2. The molecule has 3 rings (SSSR count). The number of aliphatic hydroxyl groups excluding tert-OH is 1. The van der Waals surface area contributed by atoms with E-state index >= 15 is 0 Å². The monoisotopic (exact) mass is 239 g/mol. The van der Waals surface area contributed by atoms with E-state index in [9.17, 15) is 5.11 Å². The van der Waals surface area contributed by atoms with Gasteiger partial charge in [-0.15, -0.1) is 0 Å². The Bertz CT molecular complexity index is 524. The highest BCUT2D eigenvalue weighted by atomic mass is 16.3. The lowest BCUT2D eigenvalue weighted by Gasteiger charge is -2.17. The highest BCUT2D eigenvalue weighted by Crippen LogP contribution is 2.31. The Hall–Kier alpha value is -1.64. The molecule has 0 fully saturated rings. The third kappa shape index (κ3) is 2.17. The first kappa shape index (κ1) is 11.5. The molecule has 0 amide bonds. The second-order valence-electron chi connectivity index (χ2n) is 4.82. The molecule has 1 aliphatic rings. The van der Waals surface area contributed by atoms with Gasteiger partial charge in [0.1, 0.15) is 0 Å². The Morgan fingerprint density at radius 3 is 2.50 bits per heavy atom. The van der Waals surface area contributed by atoms with Crippen LogP contribution in [0.25, 0.3) is 0 Å². The predicted molar refractivity (Wildman–Crippen MR) is 72.2 cm³/mol. The van der Waals surface area contributed by atoms with Gasteiger partial charge in [-0.2, -0.15) is 0 Å². The molecule has 92 valence electrons. The van der Waals surface area contributed by atoms with Crippen LogP contribution in [0, 0.1) is 0 Å². The Morgan fingerprint density at radius 2 is 1.72 bits per heavy atom. The van der Waals surface area contributed by atoms with Gasteiger partial charge in [-0.25, -0.2) is 0 Å². The molecule has 2 aromatic rings. The lowest BCUT2D eigenvalue weighted by molar-refractivity contribution is 0.141. The van der Waals surface area contributed by atoms with Gasteiger partial charge >= 0.3 is 0 Å². The molecule has 0 bridgehead atoms. The smallest absolute Gasteiger partial charge is 0.0948 e. The van der Waals surface area contributed by atoms with Crippen LogP contribution in [0.3, 0.4) is 0 Å². The van der Waals surface area contributed by atoms with Crippen molar-refractivity contribution in [1.82, 2.24) is 5.32 Å². The first-order valence-corrected chi connectivity index (χ1v) is 6.38. The molecule has 0 heterocycles. The number of hydrogen-bond donors (Lipinski definition) is 2. The van der Waals surface area contributed by atoms with E-state index in [1.54, 1.807) is 0 Å².